The largest absolute Gasteiger partial charge is 0.377 e. The van der Waals surface area contributed by atoms with Gasteiger partial charge in [-0.05, 0) is 37.1 Å². The van der Waals surface area contributed by atoms with Crippen LogP contribution >= 0.6 is 0 Å². The summed E-state index contributed by atoms with van der Waals surface area (Å²) in [4.78, 5) is 20.0. The fourth-order valence-electron chi connectivity index (χ4n) is 5.14. The molecule has 0 spiro atoms. The fourth-order valence-corrected chi connectivity index (χ4v) is 6.38. The Morgan fingerprint density at radius 1 is 0.971 bits per heavy atom. The van der Waals surface area contributed by atoms with Crippen LogP contribution < -0.4 is 15.3 Å². The normalized spacial score (nSPS) is 15.7. The Bertz CT molecular complexity index is 1520. The van der Waals surface area contributed by atoms with E-state index in [1.807, 2.05) is 72.1 Å². The molecule has 2 N–H and O–H groups in total. The van der Waals surface area contributed by atoms with Crippen molar-refractivity contribution >= 4 is 37.5 Å². The number of imidazole rings is 1. The van der Waals surface area contributed by atoms with Crippen LogP contribution in [0.25, 0.3) is 21.8 Å². The molecule has 0 saturated carbocycles. The van der Waals surface area contributed by atoms with Crippen LogP contribution in [0.1, 0.15) is 18.9 Å². The van der Waals surface area contributed by atoms with Crippen LogP contribution in [0.2, 0.25) is 0 Å². The third kappa shape index (κ3) is 4.59. The van der Waals surface area contributed by atoms with Gasteiger partial charge >= 0.3 is 5.69 Å². The predicted octanol–water partition coefficient (Wildman–Crippen LogP) is 3.16. The highest BCUT2D eigenvalue weighted by Gasteiger charge is 2.24. The van der Waals surface area contributed by atoms with Gasteiger partial charge in [-0.1, -0.05) is 36.4 Å². The number of sulfonamides is 1. The number of H-pyrrole nitrogens is 1. The number of hydrogen-bond acceptors (Lipinski definition) is 5. The lowest BCUT2D eigenvalue weighted by Gasteiger charge is -2.32. The second-order valence-electron chi connectivity index (χ2n) is 9.31. The van der Waals surface area contributed by atoms with Gasteiger partial charge in [-0.2, -0.15) is 0 Å². The number of anilines is 1. The van der Waals surface area contributed by atoms with Crippen LogP contribution in [0.5, 0.6) is 0 Å². The van der Waals surface area contributed by atoms with Gasteiger partial charge in [0, 0.05) is 62.8 Å². The molecule has 3 aromatic carbocycles. The highest BCUT2D eigenvalue weighted by Crippen LogP contribution is 2.30. The number of rotatable bonds is 7. The second-order valence-corrected chi connectivity index (χ2v) is 11.0. The van der Waals surface area contributed by atoms with E-state index in [1.165, 1.54) is 0 Å². The number of nitrogens with one attached hydrogen (secondary N) is 2. The quantitative estimate of drug-likeness (QED) is 0.413. The molecule has 0 bridgehead atoms. The van der Waals surface area contributed by atoms with Crippen molar-refractivity contribution in [2.45, 2.75) is 23.8 Å². The molecule has 5 rings (SSSR count). The third-order valence-electron chi connectivity index (χ3n) is 6.90. The number of aromatic nitrogens is 2. The number of likely N-dealkylation sites (tertiary alicyclic amines) is 1. The Morgan fingerprint density at radius 2 is 1.69 bits per heavy atom. The van der Waals surface area contributed by atoms with Gasteiger partial charge in [0.1, 0.15) is 0 Å². The number of fused-ring (bicyclic) bond motifs is 2. The molecule has 184 valence electrons. The number of para-hydroxylation sites is 2. The number of hydrogen-bond donors (Lipinski definition) is 2. The van der Waals surface area contributed by atoms with Crippen molar-refractivity contribution in [3.05, 3.63) is 71.1 Å². The van der Waals surface area contributed by atoms with E-state index < -0.39 is 10.0 Å². The van der Waals surface area contributed by atoms with Crippen LogP contribution in [0.3, 0.4) is 0 Å². The summed E-state index contributed by atoms with van der Waals surface area (Å²) < 4.78 is 31.0. The minimum Gasteiger partial charge on any atom is -0.377 e. The topological polar surface area (TPSA) is 90.4 Å². The zero-order valence-corrected chi connectivity index (χ0v) is 20.9. The Hall–Kier alpha value is -3.14. The zero-order valence-electron chi connectivity index (χ0n) is 20.1. The molecule has 0 unspecified atom stereocenters. The van der Waals surface area contributed by atoms with E-state index >= 15 is 0 Å². The van der Waals surface area contributed by atoms with E-state index in [4.69, 9.17) is 0 Å². The molecular formula is C26H31N5O3S. The van der Waals surface area contributed by atoms with E-state index in [0.29, 0.717) is 18.0 Å². The molecule has 1 aromatic heterocycles. The maximum atomic E-state index is 13.2. The van der Waals surface area contributed by atoms with Gasteiger partial charge in [-0.3, -0.25) is 4.57 Å². The van der Waals surface area contributed by atoms with E-state index in [9.17, 15) is 13.2 Å². The van der Waals surface area contributed by atoms with Gasteiger partial charge in [-0.15, -0.1) is 0 Å². The first-order valence-corrected chi connectivity index (χ1v) is 13.4. The molecule has 4 aromatic rings. The van der Waals surface area contributed by atoms with Crippen molar-refractivity contribution in [1.29, 1.82) is 0 Å². The Balaban J connectivity index is 1.22. The van der Waals surface area contributed by atoms with Crippen molar-refractivity contribution in [2.75, 3.05) is 45.2 Å². The van der Waals surface area contributed by atoms with Gasteiger partial charge in [-0.25, -0.2) is 17.9 Å². The summed E-state index contributed by atoms with van der Waals surface area (Å²) in [5, 5.41) is 1.63. The first kappa shape index (κ1) is 23.6. The van der Waals surface area contributed by atoms with Gasteiger partial charge in [0.25, 0.3) is 0 Å². The van der Waals surface area contributed by atoms with Gasteiger partial charge in [0.05, 0.1) is 15.9 Å². The van der Waals surface area contributed by atoms with Crippen LogP contribution in [-0.4, -0.2) is 63.1 Å². The highest BCUT2D eigenvalue weighted by atomic mass is 32.2. The summed E-state index contributed by atoms with van der Waals surface area (Å²) in [6.45, 7) is 2.60. The summed E-state index contributed by atoms with van der Waals surface area (Å²) in [5.74, 6) is 0. The Morgan fingerprint density at radius 3 is 2.46 bits per heavy atom. The fraction of sp³-hybridized carbons (Fsp3) is 0.346. The molecule has 1 fully saturated rings. The number of piperidine rings is 1. The van der Waals surface area contributed by atoms with Gasteiger partial charge < -0.3 is 14.8 Å². The first-order valence-electron chi connectivity index (χ1n) is 12.0. The van der Waals surface area contributed by atoms with Crippen LogP contribution in [-0.2, 0) is 10.0 Å². The number of nitrogens with zero attached hydrogens (tertiary/aromatic N) is 3. The molecule has 0 amide bonds. The molecule has 0 radical (unpaired) electrons. The van der Waals surface area contributed by atoms with Crippen molar-refractivity contribution in [3.63, 3.8) is 0 Å². The highest BCUT2D eigenvalue weighted by molar-refractivity contribution is 7.89. The lowest BCUT2D eigenvalue weighted by molar-refractivity contribution is 0.190. The summed E-state index contributed by atoms with van der Waals surface area (Å²) in [6, 6.07) is 19.1. The molecule has 9 heteroatoms. The Labute approximate surface area is 205 Å². The maximum absolute atomic E-state index is 13.2. The molecule has 1 aliphatic rings. The monoisotopic (exact) mass is 493 g/mol. The van der Waals surface area contributed by atoms with Gasteiger partial charge in [0.15, 0.2) is 0 Å². The first-order chi connectivity index (χ1) is 16.8. The van der Waals surface area contributed by atoms with Crippen molar-refractivity contribution < 1.29 is 8.42 Å². The smallest absolute Gasteiger partial charge is 0.326 e. The van der Waals surface area contributed by atoms with Crippen molar-refractivity contribution in [2.24, 2.45) is 0 Å². The SMILES string of the molecule is CN(C)c1cccc2c(S(=O)(=O)NCCN3CCC(n4c(=O)[nH]c5ccccc54)CC3)cccc12. The minimum atomic E-state index is -3.65. The molecule has 1 aliphatic heterocycles. The summed E-state index contributed by atoms with van der Waals surface area (Å²) in [5.41, 5.74) is 2.72. The number of aromatic amines is 1. The average molecular weight is 494 g/mol. The predicted molar refractivity (Wildman–Crippen MR) is 141 cm³/mol. The zero-order chi connectivity index (χ0) is 24.6. The summed E-state index contributed by atoms with van der Waals surface area (Å²) >= 11 is 0. The van der Waals surface area contributed by atoms with Crippen LogP contribution in [0.4, 0.5) is 5.69 Å². The molecule has 8 nitrogen and oxygen atoms in total. The third-order valence-corrected chi connectivity index (χ3v) is 8.42. The molecule has 0 aliphatic carbocycles. The molecule has 35 heavy (non-hydrogen) atoms. The van der Waals surface area contributed by atoms with Crippen LogP contribution in [0.15, 0.2) is 70.4 Å². The van der Waals surface area contributed by atoms with E-state index in [1.54, 1.807) is 12.1 Å². The maximum Gasteiger partial charge on any atom is 0.326 e. The summed E-state index contributed by atoms with van der Waals surface area (Å²) in [6.07, 6.45) is 1.70. The minimum absolute atomic E-state index is 0.0649. The van der Waals surface area contributed by atoms with Gasteiger partial charge in [0.2, 0.25) is 10.0 Å². The molecular weight excluding hydrogens is 462 g/mol. The molecule has 1 saturated heterocycles. The summed E-state index contributed by atoms with van der Waals surface area (Å²) in [7, 11) is 0.250. The number of benzene rings is 3. The van der Waals surface area contributed by atoms with Crippen molar-refractivity contribution in [3.8, 4) is 0 Å². The molecule has 0 atom stereocenters. The standard InChI is InChI=1S/C26H31N5O3S/c1-29(2)23-11-5-8-21-20(23)7-6-12-25(21)35(33,34)27-15-18-30-16-13-19(14-17-30)31-24-10-4-3-9-22(24)28-26(31)32/h3-12,19,27H,13-18H2,1-2H3,(H,28,32). The van der Waals surface area contributed by atoms with E-state index in [0.717, 1.165) is 53.4 Å². The second kappa shape index (κ2) is 9.49. The lowest BCUT2D eigenvalue weighted by Crippen LogP contribution is -2.41. The van der Waals surface area contributed by atoms with Crippen molar-refractivity contribution in [1.82, 2.24) is 19.2 Å². The van der Waals surface area contributed by atoms with Crippen LogP contribution in [0, 0.1) is 0 Å². The average Bonchev–Trinajstić information content (AvgIpc) is 3.19. The lowest BCUT2D eigenvalue weighted by atomic mass is 10.0. The van der Waals surface area contributed by atoms with E-state index in [-0.39, 0.29) is 11.7 Å². The Kier molecular flexibility index (Phi) is 6.39. The molecule has 2 heterocycles. The van der Waals surface area contributed by atoms with E-state index in [2.05, 4.69) is 14.6 Å².